The van der Waals surface area contributed by atoms with Crippen molar-refractivity contribution in [1.82, 2.24) is 15.3 Å². The van der Waals surface area contributed by atoms with Crippen LogP contribution in [0.25, 0.3) is 0 Å². The van der Waals surface area contributed by atoms with Gasteiger partial charge in [-0.1, -0.05) is 12.1 Å². The minimum absolute atomic E-state index is 0.0369. The first kappa shape index (κ1) is 19.5. The van der Waals surface area contributed by atoms with Gasteiger partial charge < -0.3 is 20.7 Å². The second-order valence-corrected chi connectivity index (χ2v) is 5.84. The number of hydrogen-bond donors (Lipinski definition) is 3. The fourth-order valence-corrected chi connectivity index (χ4v) is 2.46. The van der Waals surface area contributed by atoms with Gasteiger partial charge in [-0.25, -0.2) is 9.97 Å². The zero-order valence-electron chi connectivity index (χ0n) is 15.6. The van der Waals surface area contributed by atoms with Gasteiger partial charge >= 0.3 is 0 Å². The number of nitrogens with zero attached hydrogens (tertiary/aromatic N) is 2. The molecule has 1 heterocycles. The minimum Gasteiger partial charge on any atom is -0.497 e. The second-order valence-electron chi connectivity index (χ2n) is 5.84. The van der Waals surface area contributed by atoms with Crippen molar-refractivity contribution in [2.45, 2.75) is 26.7 Å². The van der Waals surface area contributed by atoms with Crippen LogP contribution in [0.3, 0.4) is 0 Å². The highest BCUT2D eigenvalue weighted by molar-refractivity contribution is 5.76. The van der Waals surface area contributed by atoms with Gasteiger partial charge in [0.15, 0.2) is 0 Å². The lowest BCUT2D eigenvalue weighted by molar-refractivity contribution is -0.120. The summed E-state index contributed by atoms with van der Waals surface area (Å²) in [7, 11) is 1.64. The molecule has 1 amide bonds. The fourth-order valence-electron chi connectivity index (χ4n) is 2.46. The van der Waals surface area contributed by atoms with Crippen molar-refractivity contribution >= 4 is 17.5 Å². The van der Waals surface area contributed by atoms with Gasteiger partial charge in [0.05, 0.1) is 7.11 Å². The van der Waals surface area contributed by atoms with E-state index in [9.17, 15) is 4.79 Å². The highest BCUT2D eigenvalue weighted by atomic mass is 16.5. The summed E-state index contributed by atoms with van der Waals surface area (Å²) >= 11 is 0. The van der Waals surface area contributed by atoms with Gasteiger partial charge in [0.25, 0.3) is 0 Å². The van der Waals surface area contributed by atoms with E-state index in [1.54, 1.807) is 7.11 Å². The lowest BCUT2D eigenvalue weighted by Gasteiger charge is -2.10. The molecule has 0 radical (unpaired) electrons. The van der Waals surface area contributed by atoms with E-state index >= 15 is 0 Å². The largest absolute Gasteiger partial charge is 0.497 e. The van der Waals surface area contributed by atoms with Gasteiger partial charge in [0.1, 0.15) is 23.2 Å². The Hall–Kier alpha value is -2.83. The molecule has 3 N–H and O–H groups in total. The van der Waals surface area contributed by atoms with Gasteiger partial charge in [-0.2, -0.15) is 0 Å². The van der Waals surface area contributed by atoms with Crippen LogP contribution in [0, 0.1) is 6.92 Å². The summed E-state index contributed by atoms with van der Waals surface area (Å²) in [6, 6.07) is 9.63. The van der Waals surface area contributed by atoms with Crippen LogP contribution in [0.4, 0.5) is 11.6 Å². The molecule has 2 aromatic rings. The normalized spacial score (nSPS) is 10.3. The Bertz CT molecular complexity index is 704. The van der Waals surface area contributed by atoms with Crippen LogP contribution >= 0.6 is 0 Å². The Kier molecular flexibility index (Phi) is 7.67. The van der Waals surface area contributed by atoms with Crippen LogP contribution < -0.4 is 20.7 Å². The van der Waals surface area contributed by atoms with Crippen molar-refractivity contribution in [3.05, 3.63) is 41.7 Å². The fraction of sp³-hybridized carbons (Fsp3) is 0.421. The molecule has 140 valence electrons. The second kappa shape index (κ2) is 10.2. The number of methoxy groups -OCH3 is 1. The molecule has 0 bridgehead atoms. The van der Waals surface area contributed by atoms with Crippen molar-refractivity contribution in [1.29, 1.82) is 0 Å². The number of ether oxygens (including phenoxy) is 1. The SMILES string of the molecule is CCNc1cc(NCCNC(=O)CCc2ccc(OC)cc2)nc(C)n1. The molecule has 0 spiro atoms. The predicted octanol–water partition coefficient (Wildman–Crippen LogP) is 2.39. The summed E-state index contributed by atoms with van der Waals surface area (Å²) in [5.41, 5.74) is 1.12. The van der Waals surface area contributed by atoms with Crippen LogP contribution in [0.1, 0.15) is 24.7 Å². The van der Waals surface area contributed by atoms with Crippen LogP contribution in [-0.4, -0.2) is 42.6 Å². The molecule has 0 aliphatic carbocycles. The summed E-state index contributed by atoms with van der Waals surface area (Å²) in [5.74, 6) is 3.11. The molecule has 1 aromatic carbocycles. The third-order valence-electron chi connectivity index (χ3n) is 3.75. The van der Waals surface area contributed by atoms with Crippen molar-refractivity contribution in [2.75, 3.05) is 37.4 Å². The Morgan fingerprint density at radius 1 is 1.08 bits per heavy atom. The van der Waals surface area contributed by atoms with Gasteiger partial charge in [-0.05, 0) is 38.0 Å². The zero-order valence-corrected chi connectivity index (χ0v) is 15.6. The van der Waals surface area contributed by atoms with Gasteiger partial charge in [0.2, 0.25) is 5.91 Å². The maximum absolute atomic E-state index is 11.9. The van der Waals surface area contributed by atoms with E-state index in [4.69, 9.17) is 4.74 Å². The Morgan fingerprint density at radius 3 is 2.42 bits per heavy atom. The number of amides is 1. The number of nitrogens with one attached hydrogen (secondary N) is 3. The van der Waals surface area contributed by atoms with Crippen molar-refractivity contribution < 1.29 is 9.53 Å². The van der Waals surface area contributed by atoms with Crippen molar-refractivity contribution in [3.63, 3.8) is 0 Å². The van der Waals surface area contributed by atoms with E-state index in [0.717, 1.165) is 29.5 Å². The van der Waals surface area contributed by atoms with Crippen molar-refractivity contribution in [3.8, 4) is 5.75 Å². The van der Waals surface area contributed by atoms with E-state index < -0.39 is 0 Å². The van der Waals surface area contributed by atoms with Crippen LogP contribution in [0.5, 0.6) is 5.75 Å². The Balaban J connectivity index is 1.68. The molecule has 1 aromatic heterocycles. The average molecular weight is 357 g/mol. The minimum atomic E-state index is 0.0369. The van der Waals surface area contributed by atoms with E-state index in [1.807, 2.05) is 44.2 Å². The number of carbonyl (C=O) groups excluding carboxylic acids is 1. The Morgan fingerprint density at radius 2 is 1.77 bits per heavy atom. The van der Waals surface area contributed by atoms with Crippen molar-refractivity contribution in [2.24, 2.45) is 0 Å². The molecule has 7 nitrogen and oxygen atoms in total. The summed E-state index contributed by atoms with van der Waals surface area (Å²) in [4.78, 5) is 20.6. The monoisotopic (exact) mass is 357 g/mol. The zero-order chi connectivity index (χ0) is 18.8. The number of carbonyl (C=O) groups is 1. The topological polar surface area (TPSA) is 88.2 Å². The number of aromatic nitrogens is 2. The average Bonchev–Trinajstić information content (AvgIpc) is 2.64. The first-order valence-corrected chi connectivity index (χ1v) is 8.83. The van der Waals surface area contributed by atoms with Crippen LogP contribution in [0.15, 0.2) is 30.3 Å². The van der Waals surface area contributed by atoms with Crippen LogP contribution in [-0.2, 0) is 11.2 Å². The standard InChI is InChI=1S/C19H27N5O2/c1-4-20-17-13-18(24-14(2)23-17)21-11-12-22-19(25)10-7-15-5-8-16(26-3)9-6-15/h5-6,8-9,13H,4,7,10-12H2,1-3H3,(H,22,25)(H2,20,21,23,24). The first-order chi connectivity index (χ1) is 12.6. The first-order valence-electron chi connectivity index (χ1n) is 8.83. The predicted molar refractivity (Wildman–Crippen MR) is 104 cm³/mol. The van der Waals surface area contributed by atoms with E-state index in [0.29, 0.717) is 31.8 Å². The molecular formula is C19H27N5O2. The van der Waals surface area contributed by atoms with Crippen LogP contribution in [0.2, 0.25) is 0 Å². The third kappa shape index (κ3) is 6.58. The van der Waals surface area contributed by atoms with E-state index in [-0.39, 0.29) is 5.91 Å². The molecule has 26 heavy (non-hydrogen) atoms. The number of aryl methyl sites for hydroxylation is 2. The highest BCUT2D eigenvalue weighted by Gasteiger charge is 2.04. The number of rotatable bonds is 10. The van der Waals surface area contributed by atoms with Gasteiger partial charge in [-0.3, -0.25) is 4.79 Å². The lowest BCUT2D eigenvalue weighted by atomic mass is 10.1. The lowest BCUT2D eigenvalue weighted by Crippen LogP contribution is -2.29. The maximum atomic E-state index is 11.9. The number of benzene rings is 1. The van der Waals surface area contributed by atoms with E-state index in [1.165, 1.54) is 0 Å². The molecule has 0 aliphatic heterocycles. The molecule has 0 saturated carbocycles. The molecule has 0 saturated heterocycles. The molecule has 0 atom stereocenters. The molecule has 2 rings (SSSR count). The smallest absolute Gasteiger partial charge is 0.220 e. The highest BCUT2D eigenvalue weighted by Crippen LogP contribution is 2.12. The third-order valence-corrected chi connectivity index (χ3v) is 3.75. The summed E-state index contributed by atoms with van der Waals surface area (Å²) in [5, 5.41) is 9.29. The van der Waals surface area contributed by atoms with Gasteiger partial charge in [0, 0.05) is 32.1 Å². The molecule has 0 fully saturated rings. The molecule has 0 aliphatic rings. The summed E-state index contributed by atoms with van der Waals surface area (Å²) < 4.78 is 5.13. The molecule has 0 unspecified atom stereocenters. The van der Waals surface area contributed by atoms with E-state index in [2.05, 4.69) is 25.9 Å². The summed E-state index contributed by atoms with van der Waals surface area (Å²) in [6.07, 6.45) is 1.17. The molecular weight excluding hydrogens is 330 g/mol. The maximum Gasteiger partial charge on any atom is 0.220 e. The van der Waals surface area contributed by atoms with Gasteiger partial charge in [-0.15, -0.1) is 0 Å². The molecule has 7 heteroatoms. The quantitative estimate of drug-likeness (QED) is 0.566. The number of hydrogen-bond acceptors (Lipinski definition) is 6. The summed E-state index contributed by atoms with van der Waals surface area (Å²) in [6.45, 7) is 5.83. The number of anilines is 2. The Labute approximate surface area is 154 Å².